The first-order valence-corrected chi connectivity index (χ1v) is 4.45. The van der Waals surface area contributed by atoms with Gasteiger partial charge < -0.3 is 10.7 Å². The normalized spacial score (nSPS) is 12.7. The summed E-state index contributed by atoms with van der Waals surface area (Å²) < 4.78 is 32.5. The average molecular weight is 215 g/mol. The Kier molecular flexibility index (Phi) is 4.84. The Bertz CT molecular complexity index is 279. The van der Waals surface area contributed by atoms with Crippen molar-refractivity contribution in [3.05, 3.63) is 10.1 Å². The van der Waals surface area contributed by atoms with Gasteiger partial charge in [0.05, 0.1) is 0 Å². The highest BCUT2D eigenvalue weighted by Crippen LogP contribution is 2.08. The summed E-state index contributed by atoms with van der Waals surface area (Å²) in [5.74, 6) is 0. The van der Waals surface area contributed by atoms with Crippen LogP contribution in [0.4, 0.5) is 4.39 Å². The molecule has 0 rings (SSSR count). The lowest BCUT2D eigenvalue weighted by Crippen LogP contribution is -2.13. The largest absolute Gasteiger partial charge is 0.348 e. The molecule has 12 heavy (non-hydrogen) atoms. The maximum Gasteiger partial charge on any atom is 0.173 e. The van der Waals surface area contributed by atoms with Gasteiger partial charge in [-0.05, 0) is 6.92 Å². The minimum absolute atomic E-state index is 0.225. The molecule has 0 heterocycles. The highest BCUT2D eigenvalue weighted by Gasteiger charge is 2.09. The van der Waals surface area contributed by atoms with Crippen molar-refractivity contribution in [3.8, 4) is 0 Å². The number of rotatable bonds is 4. The molecule has 70 valence electrons. The van der Waals surface area contributed by atoms with Crippen molar-refractivity contribution in [2.24, 2.45) is 0 Å². The first kappa shape index (κ1) is 11.4. The van der Waals surface area contributed by atoms with Crippen LogP contribution in [0.2, 0.25) is 0 Å². The van der Waals surface area contributed by atoms with Gasteiger partial charge >= 0.3 is 0 Å². The maximum atomic E-state index is 11.6. The Hall–Kier alpha value is -0.620. The van der Waals surface area contributed by atoms with E-state index in [0.29, 0.717) is 0 Å². The van der Waals surface area contributed by atoms with Crippen LogP contribution in [0.15, 0.2) is 10.1 Å². The van der Waals surface area contributed by atoms with E-state index in [0.717, 1.165) is 0 Å². The molecule has 0 aliphatic rings. The zero-order valence-electron chi connectivity index (χ0n) is 6.23. The monoisotopic (exact) mass is 214 g/mol. The smallest absolute Gasteiger partial charge is 0.173 e. The predicted molar refractivity (Wildman–Crippen MR) is 45.7 cm³/mol. The van der Waals surface area contributed by atoms with Crippen molar-refractivity contribution in [3.63, 3.8) is 0 Å². The molecular weight excluding hydrogens is 207 g/mol. The summed E-state index contributed by atoms with van der Waals surface area (Å²) in [5, 5.41) is 8.60. The van der Waals surface area contributed by atoms with Crippen molar-refractivity contribution in [2.75, 3.05) is 6.80 Å². The minimum atomic E-state index is -2.96. The predicted octanol–water partition coefficient (Wildman–Crippen LogP) is 0.562. The molecular formula is C5H8ClFN2O2S. The summed E-state index contributed by atoms with van der Waals surface area (Å²) >= 11 is 5.34. The van der Waals surface area contributed by atoms with Crippen molar-refractivity contribution in [2.45, 2.75) is 6.92 Å². The quantitative estimate of drug-likeness (QED) is 0.364. The zero-order valence-corrected chi connectivity index (χ0v) is 7.88. The molecule has 0 aliphatic heterocycles. The lowest BCUT2D eigenvalue weighted by Gasteiger charge is -2.02. The molecule has 0 bridgehead atoms. The van der Waals surface area contributed by atoms with Gasteiger partial charge in [-0.1, -0.05) is 11.6 Å². The van der Waals surface area contributed by atoms with E-state index in [2.05, 4.69) is 0 Å². The minimum Gasteiger partial charge on any atom is -0.348 e. The van der Waals surface area contributed by atoms with Gasteiger partial charge in [0.25, 0.3) is 0 Å². The van der Waals surface area contributed by atoms with Crippen LogP contribution < -0.4 is 5.32 Å². The molecule has 0 aromatic carbocycles. The molecule has 0 fully saturated rings. The molecule has 0 radical (unpaired) electrons. The number of thiol groups is 1. The van der Waals surface area contributed by atoms with E-state index in [-0.39, 0.29) is 15.8 Å². The molecule has 4 nitrogen and oxygen atoms in total. The number of nitrogens with one attached hydrogen (secondary N) is 2. The highest BCUT2D eigenvalue weighted by atomic mass is 35.5. The van der Waals surface area contributed by atoms with E-state index < -0.39 is 17.5 Å². The van der Waals surface area contributed by atoms with Gasteiger partial charge in [-0.2, -0.15) is 0 Å². The Morgan fingerprint density at radius 2 is 2.17 bits per heavy atom. The molecule has 7 heteroatoms. The summed E-state index contributed by atoms with van der Waals surface area (Å²) in [7, 11) is -2.96. The van der Waals surface area contributed by atoms with Gasteiger partial charge in [0.1, 0.15) is 10.1 Å². The van der Waals surface area contributed by atoms with Crippen LogP contribution in [0.5, 0.6) is 0 Å². The summed E-state index contributed by atoms with van der Waals surface area (Å²) in [6.07, 6.45) is 0. The molecule has 0 atom stereocenters. The summed E-state index contributed by atoms with van der Waals surface area (Å²) in [6.45, 7) is 0.279. The first-order chi connectivity index (χ1) is 5.50. The van der Waals surface area contributed by atoms with Crippen LogP contribution in [0, 0.1) is 5.41 Å². The molecule has 0 aliphatic carbocycles. The Balaban J connectivity index is 4.94. The molecule has 0 unspecified atom stereocenters. The van der Waals surface area contributed by atoms with Crippen molar-refractivity contribution in [1.29, 1.82) is 5.41 Å². The van der Waals surface area contributed by atoms with Crippen molar-refractivity contribution < 1.29 is 12.8 Å². The average Bonchev–Trinajstić information content (AvgIpc) is 1.85. The summed E-state index contributed by atoms with van der Waals surface area (Å²) in [4.78, 5) is -0.385. The van der Waals surface area contributed by atoms with Crippen LogP contribution in [0.1, 0.15) is 6.92 Å². The fourth-order valence-corrected chi connectivity index (χ4v) is 1.44. The van der Waals surface area contributed by atoms with Crippen molar-refractivity contribution >= 4 is 28.0 Å². The van der Waals surface area contributed by atoms with E-state index in [1.807, 2.05) is 5.32 Å². The third-order valence-corrected chi connectivity index (χ3v) is 2.35. The molecule has 0 spiro atoms. The summed E-state index contributed by atoms with van der Waals surface area (Å²) in [5.41, 5.74) is -0.225. The third kappa shape index (κ3) is 3.19. The van der Waals surface area contributed by atoms with Gasteiger partial charge in [-0.25, -0.2) is 12.8 Å². The lowest BCUT2D eigenvalue weighted by molar-refractivity contribution is 0.461. The Labute approximate surface area is 75.9 Å². The Morgan fingerprint density at radius 1 is 1.67 bits per heavy atom. The van der Waals surface area contributed by atoms with Crippen LogP contribution >= 0.6 is 11.6 Å². The molecule has 0 aromatic rings. The second-order valence-electron chi connectivity index (χ2n) is 1.86. The fraction of sp³-hybridized carbons (Fsp3) is 0.400. The van der Waals surface area contributed by atoms with Gasteiger partial charge in [-0.3, -0.25) is 0 Å². The number of allylic oxidation sites excluding steroid dienone is 1. The van der Waals surface area contributed by atoms with Gasteiger partial charge in [0.15, 0.2) is 17.5 Å². The number of halogens is 2. The molecule has 0 saturated heterocycles. The molecule has 0 aromatic heterocycles. The highest BCUT2D eigenvalue weighted by molar-refractivity contribution is 7.78. The third-order valence-electron chi connectivity index (χ3n) is 0.968. The maximum absolute atomic E-state index is 11.6. The van der Waals surface area contributed by atoms with Gasteiger partial charge in [0.2, 0.25) is 0 Å². The van der Waals surface area contributed by atoms with Crippen LogP contribution in [0.25, 0.3) is 0 Å². The second-order valence-corrected chi connectivity index (χ2v) is 3.19. The molecule has 0 amide bonds. The van der Waals surface area contributed by atoms with E-state index in [4.69, 9.17) is 17.0 Å². The van der Waals surface area contributed by atoms with Gasteiger partial charge in [0, 0.05) is 5.71 Å². The van der Waals surface area contributed by atoms with E-state index in [1.165, 1.54) is 6.92 Å². The van der Waals surface area contributed by atoms with Crippen LogP contribution in [-0.4, -0.2) is 20.9 Å². The topological polar surface area (TPSA) is 70.0 Å². The van der Waals surface area contributed by atoms with Crippen LogP contribution in [-0.2, 0) is 10.7 Å². The van der Waals surface area contributed by atoms with Gasteiger partial charge in [-0.15, -0.1) is 0 Å². The second kappa shape index (κ2) is 5.10. The number of hydrogen-bond acceptors (Lipinski definition) is 4. The summed E-state index contributed by atoms with van der Waals surface area (Å²) in [6, 6.07) is 0. The number of hydrogen-bond donors (Lipinski definition) is 3. The van der Waals surface area contributed by atoms with E-state index in [1.54, 1.807) is 0 Å². The first-order valence-electron chi connectivity index (χ1n) is 2.90. The van der Waals surface area contributed by atoms with Crippen molar-refractivity contribution in [1.82, 2.24) is 5.32 Å². The van der Waals surface area contributed by atoms with Crippen LogP contribution in [0.3, 0.4) is 0 Å². The fourth-order valence-electron chi connectivity index (χ4n) is 0.524. The SMILES string of the molecule is CC(=N)/C(=C(/Cl)NCF)[SH](=O)=O. The zero-order chi connectivity index (χ0) is 9.72. The molecule has 2 N–H and O–H groups in total. The number of alkyl halides is 1. The molecule has 0 saturated carbocycles. The van der Waals surface area contributed by atoms with E-state index in [9.17, 15) is 12.8 Å². The lowest BCUT2D eigenvalue weighted by atomic mass is 10.4. The van der Waals surface area contributed by atoms with E-state index >= 15 is 0 Å². The Morgan fingerprint density at radius 3 is 2.42 bits per heavy atom. The standard InChI is InChI=1S/C5H8ClFN2O2S/c1-3(8)4(12(10)11)5(6)9-2-7/h8-9,12H,2H2,1H3/b5-4+,8-3?.